The van der Waals surface area contributed by atoms with E-state index in [2.05, 4.69) is 59.7 Å². The molecular formula is C25H35O3P. The molecule has 0 saturated heterocycles. The van der Waals surface area contributed by atoms with Crippen LogP contribution in [0.2, 0.25) is 0 Å². The van der Waals surface area contributed by atoms with Gasteiger partial charge in [0.2, 0.25) is 0 Å². The normalized spacial score (nSPS) is 14.2. The van der Waals surface area contributed by atoms with Crippen molar-refractivity contribution in [1.29, 1.82) is 0 Å². The molecule has 2 rings (SSSR count). The van der Waals surface area contributed by atoms with E-state index in [1.807, 2.05) is 18.2 Å². The highest BCUT2D eigenvalue weighted by Crippen LogP contribution is 2.50. The van der Waals surface area contributed by atoms with Crippen molar-refractivity contribution in [3.63, 3.8) is 0 Å². The Hall–Kier alpha value is -1.70. The van der Waals surface area contributed by atoms with E-state index in [0.717, 1.165) is 23.0 Å². The zero-order valence-electron chi connectivity index (χ0n) is 19.1. The fourth-order valence-corrected chi connectivity index (χ4v) is 5.22. The molecule has 29 heavy (non-hydrogen) atoms. The van der Waals surface area contributed by atoms with Crippen molar-refractivity contribution in [2.24, 2.45) is 0 Å². The Bertz CT molecular complexity index is 867. The van der Waals surface area contributed by atoms with Crippen molar-refractivity contribution in [3.8, 4) is 5.75 Å². The molecule has 0 N–H and O–H groups in total. The highest BCUT2D eigenvalue weighted by atomic mass is 31.1. The third kappa shape index (κ3) is 5.47. The molecule has 2 aromatic rings. The maximum atomic E-state index is 12.2. The Morgan fingerprint density at radius 3 is 2.24 bits per heavy atom. The maximum absolute atomic E-state index is 12.2. The first-order valence-electron chi connectivity index (χ1n) is 10.2. The van der Waals surface area contributed by atoms with Gasteiger partial charge in [0.05, 0.1) is 0 Å². The van der Waals surface area contributed by atoms with E-state index in [-0.39, 0.29) is 23.1 Å². The lowest BCUT2D eigenvalue weighted by atomic mass is 9.81. The van der Waals surface area contributed by atoms with Gasteiger partial charge in [-0.25, -0.2) is 0 Å². The van der Waals surface area contributed by atoms with Crippen LogP contribution in [-0.2, 0) is 15.3 Å². The van der Waals surface area contributed by atoms with Crippen LogP contribution in [-0.4, -0.2) is 19.7 Å². The Morgan fingerprint density at radius 2 is 1.69 bits per heavy atom. The van der Waals surface area contributed by atoms with Crippen LogP contribution in [0.25, 0.3) is 0 Å². The minimum atomic E-state index is -0.152. The molecule has 0 aliphatic carbocycles. The SMILES string of the molecule is CCC(C)(Pc1ccccc1C(C)=O)c1cc(C)cc(C(C)(C)C)c1OCOC. The van der Waals surface area contributed by atoms with Crippen molar-refractivity contribution in [2.75, 3.05) is 13.9 Å². The molecule has 4 heteroatoms. The van der Waals surface area contributed by atoms with Gasteiger partial charge in [-0.05, 0) is 31.0 Å². The maximum Gasteiger partial charge on any atom is 0.188 e. The third-order valence-electron chi connectivity index (χ3n) is 5.38. The molecule has 0 amide bonds. The van der Waals surface area contributed by atoms with Crippen molar-refractivity contribution in [3.05, 3.63) is 58.7 Å². The number of aryl methyl sites for hydroxylation is 1. The predicted octanol–water partition coefficient (Wildman–Crippen LogP) is 6.11. The summed E-state index contributed by atoms with van der Waals surface area (Å²) in [5.41, 5.74) is 4.36. The monoisotopic (exact) mass is 414 g/mol. The first-order chi connectivity index (χ1) is 13.5. The first-order valence-corrected chi connectivity index (χ1v) is 11.2. The number of benzene rings is 2. The second kappa shape index (κ2) is 9.41. The second-order valence-electron chi connectivity index (χ2n) is 8.90. The molecule has 0 aromatic heterocycles. The number of hydrogen-bond donors (Lipinski definition) is 0. The smallest absolute Gasteiger partial charge is 0.188 e. The van der Waals surface area contributed by atoms with Crippen LogP contribution in [0.15, 0.2) is 36.4 Å². The molecule has 158 valence electrons. The van der Waals surface area contributed by atoms with E-state index in [9.17, 15) is 4.79 Å². The van der Waals surface area contributed by atoms with Crippen LogP contribution < -0.4 is 10.0 Å². The van der Waals surface area contributed by atoms with Gasteiger partial charge in [-0.3, -0.25) is 4.79 Å². The summed E-state index contributed by atoms with van der Waals surface area (Å²) in [7, 11) is 2.10. The van der Waals surface area contributed by atoms with Gasteiger partial charge >= 0.3 is 0 Å². The Kier molecular flexibility index (Phi) is 7.65. The van der Waals surface area contributed by atoms with Crippen LogP contribution in [0.1, 0.15) is 75.0 Å². The van der Waals surface area contributed by atoms with Crippen LogP contribution in [0.5, 0.6) is 5.75 Å². The number of ketones is 1. The lowest BCUT2D eigenvalue weighted by Crippen LogP contribution is -2.24. The van der Waals surface area contributed by atoms with Gasteiger partial charge in [-0.2, -0.15) is 0 Å². The minimum Gasteiger partial charge on any atom is -0.467 e. The van der Waals surface area contributed by atoms with Gasteiger partial charge in [-0.1, -0.05) is 85.2 Å². The summed E-state index contributed by atoms with van der Waals surface area (Å²) in [6.07, 6.45) is 0.939. The largest absolute Gasteiger partial charge is 0.467 e. The van der Waals surface area contributed by atoms with Gasteiger partial charge in [0, 0.05) is 29.0 Å². The Labute approximate surface area is 178 Å². The number of ether oxygens (including phenoxy) is 2. The number of carbonyl (C=O) groups excluding carboxylic acids is 1. The zero-order chi connectivity index (χ0) is 21.8. The lowest BCUT2D eigenvalue weighted by Gasteiger charge is -2.35. The number of Topliss-reactive ketones (excluding diaryl/α,β-unsaturated/α-hetero) is 1. The molecular weight excluding hydrogens is 379 g/mol. The highest BCUT2D eigenvalue weighted by molar-refractivity contribution is 7.48. The summed E-state index contributed by atoms with van der Waals surface area (Å²) in [6.45, 7) is 15.1. The van der Waals surface area contributed by atoms with Crippen molar-refractivity contribution >= 4 is 19.7 Å². The first kappa shape index (κ1) is 23.6. The summed E-state index contributed by atoms with van der Waals surface area (Å²) in [5.74, 6) is 1.03. The number of carbonyl (C=O) groups is 1. The van der Waals surface area contributed by atoms with E-state index in [1.165, 1.54) is 16.7 Å². The van der Waals surface area contributed by atoms with Crippen LogP contribution in [0, 0.1) is 6.92 Å². The molecule has 0 fully saturated rings. The standard InChI is InChI=1S/C25H35O3P/c1-9-25(7,29-22-13-11-10-12-19(22)18(3)26)21-15-17(2)14-20(24(4,5)6)23(21)28-16-27-8/h10-15,29H,9,16H2,1-8H3. The van der Waals surface area contributed by atoms with Gasteiger partial charge < -0.3 is 9.47 Å². The minimum absolute atomic E-state index is 0.0566. The Balaban J connectivity index is 2.68. The molecule has 2 unspecified atom stereocenters. The van der Waals surface area contributed by atoms with Gasteiger partial charge in [0.15, 0.2) is 12.6 Å². The molecule has 0 radical (unpaired) electrons. The van der Waals surface area contributed by atoms with Crippen LogP contribution >= 0.6 is 8.58 Å². The van der Waals surface area contributed by atoms with E-state index in [4.69, 9.17) is 9.47 Å². The zero-order valence-corrected chi connectivity index (χ0v) is 20.1. The van der Waals surface area contributed by atoms with E-state index in [0.29, 0.717) is 8.58 Å². The summed E-state index contributed by atoms with van der Waals surface area (Å²) in [4.78, 5) is 12.2. The third-order valence-corrected chi connectivity index (χ3v) is 7.26. The predicted molar refractivity (Wildman–Crippen MR) is 124 cm³/mol. The van der Waals surface area contributed by atoms with E-state index in [1.54, 1.807) is 14.0 Å². The average Bonchev–Trinajstić information content (AvgIpc) is 2.65. The molecule has 2 aromatic carbocycles. The van der Waals surface area contributed by atoms with E-state index >= 15 is 0 Å². The van der Waals surface area contributed by atoms with Crippen molar-refractivity contribution < 1.29 is 14.3 Å². The number of hydrogen-bond acceptors (Lipinski definition) is 3. The Morgan fingerprint density at radius 1 is 1.07 bits per heavy atom. The lowest BCUT2D eigenvalue weighted by molar-refractivity contribution is 0.0487. The molecule has 0 saturated carbocycles. The molecule has 0 aliphatic heterocycles. The summed E-state index contributed by atoms with van der Waals surface area (Å²) >= 11 is 0. The quantitative estimate of drug-likeness (QED) is 0.297. The van der Waals surface area contributed by atoms with Gasteiger partial charge in [0.1, 0.15) is 5.75 Å². The summed E-state index contributed by atoms with van der Waals surface area (Å²) in [5, 5.41) is 0.960. The number of rotatable bonds is 8. The summed E-state index contributed by atoms with van der Waals surface area (Å²) < 4.78 is 11.4. The fraction of sp³-hybridized carbons (Fsp3) is 0.480. The van der Waals surface area contributed by atoms with Gasteiger partial charge in [0.25, 0.3) is 0 Å². The molecule has 0 heterocycles. The van der Waals surface area contributed by atoms with Crippen LogP contribution in [0.3, 0.4) is 0 Å². The fourth-order valence-electron chi connectivity index (χ4n) is 3.56. The molecule has 0 bridgehead atoms. The average molecular weight is 415 g/mol. The summed E-state index contributed by atoms with van der Waals surface area (Å²) in [6, 6.07) is 12.4. The van der Waals surface area contributed by atoms with E-state index < -0.39 is 0 Å². The second-order valence-corrected chi connectivity index (χ2v) is 10.8. The van der Waals surface area contributed by atoms with Crippen LogP contribution in [0.4, 0.5) is 0 Å². The molecule has 0 spiro atoms. The highest BCUT2D eigenvalue weighted by Gasteiger charge is 2.33. The van der Waals surface area contributed by atoms with Crippen molar-refractivity contribution in [2.45, 2.75) is 65.5 Å². The molecule has 0 aliphatic rings. The van der Waals surface area contributed by atoms with Gasteiger partial charge in [-0.15, -0.1) is 0 Å². The molecule has 3 nitrogen and oxygen atoms in total. The number of methoxy groups -OCH3 is 1. The van der Waals surface area contributed by atoms with Crippen molar-refractivity contribution in [1.82, 2.24) is 0 Å². The topological polar surface area (TPSA) is 35.5 Å². The molecule has 2 atom stereocenters.